The number of hydrogen-bond acceptors (Lipinski definition) is 4. The molecule has 26 heavy (non-hydrogen) atoms. The Morgan fingerprint density at radius 2 is 1.35 bits per heavy atom. The molecule has 0 radical (unpaired) electrons. The van der Waals surface area contributed by atoms with Crippen LogP contribution in [0.1, 0.15) is 18.1 Å². The van der Waals surface area contributed by atoms with Gasteiger partial charge in [0, 0.05) is 19.6 Å². The summed E-state index contributed by atoms with van der Waals surface area (Å²) >= 11 is 0. The zero-order chi connectivity index (χ0) is 18.7. The molecule has 0 amide bonds. The third-order valence-electron chi connectivity index (χ3n) is 4.09. The molecule has 2 aromatic carbocycles. The summed E-state index contributed by atoms with van der Waals surface area (Å²) in [5.41, 5.74) is 7.50. The summed E-state index contributed by atoms with van der Waals surface area (Å²) in [5.74, 6) is -1.60. The lowest BCUT2D eigenvalue weighted by Crippen LogP contribution is -2.45. The number of alkyl halides is 1. The van der Waals surface area contributed by atoms with Gasteiger partial charge in [0.25, 0.3) is 0 Å². The Morgan fingerprint density at radius 3 is 1.85 bits per heavy atom. The topological polar surface area (TPSA) is 47.7 Å². The van der Waals surface area contributed by atoms with Gasteiger partial charge in [-0.25, -0.2) is 4.39 Å². The van der Waals surface area contributed by atoms with Crippen molar-refractivity contribution in [3.63, 3.8) is 0 Å². The van der Waals surface area contributed by atoms with E-state index in [9.17, 15) is 0 Å². The highest BCUT2D eigenvalue weighted by molar-refractivity contribution is 5.17. The average molecular weight is 360 g/mol. The maximum atomic E-state index is 15.4. The van der Waals surface area contributed by atoms with Crippen LogP contribution in [-0.4, -0.2) is 43.7 Å². The van der Waals surface area contributed by atoms with Crippen LogP contribution in [0.5, 0.6) is 0 Å². The second-order valence-corrected chi connectivity index (χ2v) is 6.42. The molecule has 2 rings (SSSR count). The first kappa shape index (κ1) is 20.5. The van der Waals surface area contributed by atoms with Gasteiger partial charge in [-0.1, -0.05) is 60.7 Å². The van der Waals surface area contributed by atoms with Crippen molar-refractivity contribution >= 4 is 0 Å². The smallest absolute Gasteiger partial charge is 0.185 e. The second kappa shape index (κ2) is 11.0. The first-order valence-corrected chi connectivity index (χ1v) is 8.99. The lowest BCUT2D eigenvalue weighted by molar-refractivity contribution is -0.0980. The quantitative estimate of drug-likeness (QED) is 0.466. The summed E-state index contributed by atoms with van der Waals surface area (Å²) in [4.78, 5) is 1.80. The number of benzene rings is 2. The minimum Gasteiger partial charge on any atom is -0.378 e. The molecule has 0 saturated heterocycles. The molecular weight excluding hydrogens is 331 g/mol. The van der Waals surface area contributed by atoms with Gasteiger partial charge in [-0.2, -0.15) is 0 Å². The van der Waals surface area contributed by atoms with Crippen LogP contribution in [0.15, 0.2) is 60.7 Å². The Labute approximate surface area is 155 Å². The molecule has 0 aromatic heterocycles. The van der Waals surface area contributed by atoms with Gasteiger partial charge < -0.3 is 15.2 Å². The molecule has 4 nitrogen and oxygen atoms in total. The highest BCUT2D eigenvalue weighted by Gasteiger charge is 2.32. The fraction of sp³-hybridized carbons (Fsp3) is 0.429. The van der Waals surface area contributed by atoms with Crippen molar-refractivity contribution in [3.05, 3.63) is 71.8 Å². The highest BCUT2D eigenvalue weighted by atomic mass is 19.1. The first-order chi connectivity index (χ1) is 12.6. The fourth-order valence-corrected chi connectivity index (χ4v) is 2.65. The first-order valence-electron chi connectivity index (χ1n) is 8.99. The second-order valence-electron chi connectivity index (χ2n) is 6.42. The van der Waals surface area contributed by atoms with E-state index in [0.29, 0.717) is 39.5 Å². The summed E-state index contributed by atoms with van der Waals surface area (Å²) in [7, 11) is 0. The summed E-state index contributed by atoms with van der Waals surface area (Å²) in [5, 5.41) is 0. The van der Waals surface area contributed by atoms with Gasteiger partial charge >= 0.3 is 0 Å². The van der Waals surface area contributed by atoms with Gasteiger partial charge in [-0.05, 0) is 18.1 Å². The number of halogens is 1. The molecule has 0 aliphatic rings. The van der Waals surface area contributed by atoms with E-state index < -0.39 is 5.79 Å². The van der Waals surface area contributed by atoms with Gasteiger partial charge in [0.1, 0.15) is 0 Å². The standard InChI is InChI=1S/C21H29FN2O2/c1-21(22,18-26-15-14-25-13-12-23)24(16-19-8-4-2-5-9-19)17-20-10-6-3-7-11-20/h2-11H,12-18,23H2,1H3. The van der Waals surface area contributed by atoms with E-state index in [2.05, 4.69) is 0 Å². The highest BCUT2D eigenvalue weighted by Crippen LogP contribution is 2.23. The maximum Gasteiger partial charge on any atom is 0.185 e. The maximum absolute atomic E-state index is 15.4. The number of nitrogens with zero attached hydrogens (tertiary/aromatic N) is 1. The van der Waals surface area contributed by atoms with Crippen LogP contribution in [-0.2, 0) is 22.6 Å². The summed E-state index contributed by atoms with van der Waals surface area (Å²) in [6.07, 6.45) is 0. The average Bonchev–Trinajstić information content (AvgIpc) is 2.66. The molecule has 5 heteroatoms. The largest absolute Gasteiger partial charge is 0.378 e. The van der Waals surface area contributed by atoms with Crippen LogP contribution in [0.25, 0.3) is 0 Å². The molecule has 0 saturated carbocycles. The normalized spacial score (nSPS) is 13.7. The van der Waals surface area contributed by atoms with Crippen molar-refractivity contribution in [2.45, 2.75) is 25.8 Å². The zero-order valence-electron chi connectivity index (χ0n) is 15.4. The minimum absolute atomic E-state index is 0.0152. The van der Waals surface area contributed by atoms with Gasteiger partial charge in [0.2, 0.25) is 0 Å². The van der Waals surface area contributed by atoms with Crippen molar-refractivity contribution in [2.75, 3.05) is 33.0 Å². The molecule has 2 aromatic rings. The Kier molecular flexibility index (Phi) is 8.71. The molecule has 2 N–H and O–H groups in total. The van der Waals surface area contributed by atoms with Gasteiger partial charge in [-0.15, -0.1) is 0 Å². The van der Waals surface area contributed by atoms with Crippen LogP contribution < -0.4 is 5.73 Å². The molecule has 0 aliphatic heterocycles. The lowest BCUT2D eigenvalue weighted by Gasteiger charge is -2.35. The van der Waals surface area contributed by atoms with Crippen LogP contribution in [0.4, 0.5) is 4.39 Å². The fourth-order valence-electron chi connectivity index (χ4n) is 2.65. The Bertz CT molecular complexity index is 566. The molecule has 142 valence electrons. The Morgan fingerprint density at radius 1 is 0.846 bits per heavy atom. The summed E-state index contributed by atoms with van der Waals surface area (Å²) in [6, 6.07) is 19.8. The molecule has 0 spiro atoms. The van der Waals surface area contributed by atoms with Crippen LogP contribution in [0, 0.1) is 0 Å². The van der Waals surface area contributed by atoms with E-state index in [1.165, 1.54) is 0 Å². The predicted molar refractivity (Wildman–Crippen MR) is 102 cm³/mol. The number of rotatable bonds is 12. The lowest BCUT2D eigenvalue weighted by atomic mass is 10.1. The van der Waals surface area contributed by atoms with E-state index in [0.717, 1.165) is 11.1 Å². The van der Waals surface area contributed by atoms with E-state index in [1.54, 1.807) is 11.8 Å². The molecular formula is C21H29FN2O2. The number of ether oxygens (including phenoxy) is 2. The van der Waals surface area contributed by atoms with E-state index in [-0.39, 0.29) is 6.61 Å². The van der Waals surface area contributed by atoms with Crippen molar-refractivity contribution in [1.82, 2.24) is 4.90 Å². The van der Waals surface area contributed by atoms with Crippen LogP contribution in [0.3, 0.4) is 0 Å². The third kappa shape index (κ3) is 7.22. The minimum atomic E-state index is -1.60. The van der Waals surface area contributed by atoms with Crippen molar-refractivity contribution < 1.29 is 13.9 Å². The SMILES string of the molecule is CC(F)(COCCOCCN)N(Cc1ccccc1)Cc1ccccc1. The van der Waals surface area contributed by atoms with Crippen LogP contribution >= 0.6 is 0 Å². The van der Waals surface area contributed by atoms with E-state index in [1.807, 2.05) is 60.7 Å². The van der Waals surface area contributed by atoms with E-state index in [4.69, 9.17) is 15.2 Å². The number of nitrogens with two attached hydrogens (primary N) is 1. The van der Waals surface area contributed by atoms with Crippen molar-refractivity contribution in [2.24, 2.45) is 5.73 Å². The Hall–Kier alpha value is -1.79. The van der Waals surface area contributed by atoms with Crippen LogP contribution in [0.2, 0.25) is 0 Å². The third-order valence-corrected chi connectivity index (χ3v) is 4.09. The van der Waals surface area contributed by atoms with Gasteiger partial charge in [-0.3, -0.25) is 4.90 Å². The molecule has 0 aliphatic carbocycles. The molecule has 0 bridgehead atoms. The van der Waals surface area contributed by atoms with Crippen molar-refractivity contribution in [3.8, 4) is 0 Å². The molecule has 0 fully saturated rings. The van der Waals surface area contributed by atoms with Gasteiger partial charge in [0.05, 0.1) is 26.4 Å². The Balaban J connectivity index is 1.98. The van der Waals surface area contributed by atoms with E-state index >= 15 is 4.39 Å². The van der Waals surface area contributed by atoms with Crippen molar-refractivity contribution in [1.29, 1.82) is 0 Å². The molecule has 1 atom stereocenters. The summed E-state index contributed by atoms with van der Waals surface area (Å²) in [6.45, 7) is 4.31. The molecule has 0 heterocycles. The zero-order valence-corrected chi connectivity index (χ0v) is 15.4. The molecule has 1 unspecified atom stereocenters. The summed E-state index contributed by atoms with van der Waals surface area (Å²) < 4.78 is 26.2. The monoisotopic (exact) mass is 360 g/mol. The number of hydrogen-bond donors (Lipinski definition) is 1. The predicted octanol–water partition coefficient (Wildman–Crippen LogP) is 3.37. The van der Waals surface area contributed by atoms with Gasteiger partial charge in [0.15, 0.2) is 5.79 Å².